The lowest BCUT2D eigenvalue weighted by Gasteiger charge is -2.11. The molecule has 2 aromatic carbocycles. The molecule has 0 aliphatic carbocycles. The third kappa shape index (κ3) is 2.35. The molecule has 3 aromatic rings. The van der Waals surface area contributed by atoms with Gasteiger partial charge >= 0.3 is 0 Å². The van der Waals surface area contributed by atoms with Crippen molar-refractivity contribution < 1.29 is 13.9 Å². The van der Waals surface area contributed by atoms with Crippen molar-refractivity contribution >= 4 is 11.0 Å². The minimum Gasteiger partial charge on any atom is -0.382 e. The van der Waals surface area contributed by atoms with Crippen molar-refractivity contribution in [2.75, 3.05) is 0 Å². The predicted octanol–water partition coefficient (Wildman–Crippen LogP) is 2.99. The van der Waals surface area contributed by atoms with Gasteiger partial charge in [-0.25, -0.2) is 13.8 Å². The van der Waals surface area contributed by atoms with E-state index in [9.17, 15) is 13.9 Å². The summed E-state index contributed by atoms with van der Waals surface area (Å²) in [6.45, 7) is 0. The van der Waals surface area contributed by atoms with E-state index < -0.39 is 17.7 Å². The second-order valence-corrected chi connectivity index (χ2v) is 4.39. The van der Waals surface area contributed by atoms with E-state index in [4.69, 9.17) is 0 Å². The largest absolute Gasteiger partial charge is 0.382 e. The topological polar surface area (TPSA) is 46.0 Å². The Labute approximate surface area is 113 Å². The van der Waals surface area contributed by atoms with Gasteiger partial charge in [0.1, 0.15) is 17.7 Å². The van der Waals surface area contributed by atoms with E-state index >= 15 is 0 Å². The van der Waals surface area contributed by atoms with Crippen LogP contribution in [0.3, 0.4) is 0 Å². The van der Waals surface area contributed by atoms with Gasteiger partial charge < -0.3 is 5.11 Å². The lowest BCUT2D eigenvalue weighted by molar-refractivity contribution is 0.214. The summed E-state index contributed by atoms with van der Waals surface area (Å²) in [6, 6.07) is 10.1. The minimum atomic E-state index is -1.22. The first-order valence-electron chi connectivity index (χ1n) is 5.99. The zero-order valence-corrected chi connectivity index (χ0v) is 10.3. The van der Waals surface area contributed by atoms with Crippen LogP contribution in [-0.4, -0.2) is 15.1 Å². The van der Waals surface area contributed by atoms with Gasteiger partial charge in [0.2, 0.25) is 0 Å². The van der Waals surface area contributed by atoms with Crippen LogP contribution in [0.25, 0.3) is 11.0 Å². The number of hydrogen-bond acceptors (Lipinski definition) is 3. The number of aromatic nitrogens is 2. The highest BCUT2D eigenvalue weighted by Crippen LogP contribution is 2.23. The van der Waals surface area contributed by atoms with E-state index in [0.717, 1.165) is 18.2 Å². The first-order valence-corrected chi connectivity index (χ1v) is 5.99. The lowest BCUT2D eigenvalue weighted by Crippen LogP contribution is -2.04. The van der Waals surface area contributed by atoms with E-state index in [1.165, 1.54) is 6.20 Å². The third-order valence-corrected chi connectivity index (χ3v) is 2.95. The van der Waals surface area contributed by atoms with Gasteiger partial charge in [0.25, 0.3) is 0 Å². The molecule has 1 atom stereocenters. The SMILES string of the molecule is OC(c1cc(F)cc(F)c1)c1cnc2ccccc2n1. The number of hydrogen-bond donors (Lipinski definition) is 1. The molecule has 1 unspecified atom stereocenters. The van der Waals surface area contributed by atoms with Crippen LogP contribution in [0.15, 0.2) is 48.7 Å². The number of aliphatic hydroxyl groups excluding tert-OH is 1. The van der Waals surface area contributed by atoms with Gasteiger partial charge in [-0.1, -0.05) is 12.1 Å². The highest BCUT2D eigenvalue weighted by Gasteiger charge is 2.15. The molecular weight excluding hydrogens is 262 g/mol. The standard InChI is InChI=1S/C15H10F2N2O/c16-10-5-9(6-11(17)7-10)15(20)14-8-18-12-3-1-2-4-13(12)19-14/h1-8,15,20H. The zero-order chi connectivity index (χ0) is 14.1. The number of rotatable bonds is 2. The fourth-order valence-electron chi connectivity index (χ4n) is 2.01. The Hall–Kier alpha value is -2.40. The number of benzene rings is 2. The molecule has 0 saturated heterocycles. The van der Waals surface area contributed by atoms with Gasteiger partial charge in [-0.2, -0.15) is 0 Å². The lowest BCUT2D eigenvalue weighted by atomic mass is 10.1. The highest BCUT2D eigenvalue weighted by atomic mass is 19.1. The summed E-state index contributed by atoms with van der Waals surface area (Å²) < 4.78 is 26.3. The van der Waals surface area contributed by atoms with Crippen molar-refractivity contribution in [1.29, 1.82) is 0 Å². The monoisotopic (exact) mass is 272 g/mol. The van der Waals surface area contributed by atoms with Crippen LogP contribution >= 0.6 is 0 Å². The van der Waals surface area contributed by atoms with Gasteiger partial charge in [0, 0.05) is 6.07 Å². The minimum absolute atomic E-state index is 0.104. The number of aliphatic hydroxyl groups is 1. The van der Waals surface area contributed by atoms with Crippen LogP contribution in [0.1, 0.15) is 17.4 Å². The second-order valence-electron chi connectivity index (χ2n) is 4.39. The van der Waals surface area contributed by atoms with Crippen LogP contribution in [0.5, 0.6) is 0 Å². The summed E-state index contributed by atoms with van der Waals surface area (Å²) in [5.74, 6) is -1.49. The molecule has 3 nitrogen and oxygen atoms in total. The van der Waals surface area contributed by atoms with Gasteiger partial charge in [0.05, 0.1) is 22.9 Å². The molecule has 1 aromatic heterocycles. The van der Waals surface area contributed by atoms with Gasteiger partial charge in [-0.05, 0) is 29.8 Å². The first-order chi connectivity index (χ1) is 9.63. The van der Waals surface area contributed by atoms with E-state index in [-0.39, 0.29) is 11.3 Å². The second kappa shape index (κ2) is 4.94. The number of halogens is 2. The quantitative estimate of drug-likeness (QED) is 0.780. The summed E-state index contributed by atoms with van der Waals surface area (Å²) in [6.07, 6.45) is 0.174. The fourth-order valence-corrected chi connectivity index (χ4v) is 2.01. The molecule has 1 heterocycles. The molecule has 0 aliphatic heterocycles. The van der Waals surface area contributed by atoms with E-state index in [0.29, 0.717) is 11.0 Å². The summed E-state index contributed by atoms with van der Waals surface area (Å²) in [5.41, 5.74) is 1.65. The maximum Gasteiger partial charge on any atom is 0.126 e. The van der Waals surface area contributed by atoms with E-state index in [1.54, 1.807) is 18.2 Å². The first kappa shape index (κ1) is 12.6. The summed E-state index contributed by atoms with van der Waals surface area (Å²) in [7, 11) is 0. The van der Waals surface area contributed by atoms with Crippen LogP contribution in [-0.2, 0) is 0 Å². The van der Waals surface area contributed by atoms with Crippen LogP contribution < -0.4 is 0 Å². The Morgan fingerprint density at radius 1 is 0.950 bits per heavy atom. The Balaban J connectivity index is 2.05. The van der Waals surface area contributed by atoms with Crippen molar-refractivity contribution in [2.24, 2.45) is 0 Å². The normalized spacial score (nSPS) is 12.6. The molecule has 0 spiro atoms. The van der Waals surface area contributed by atoms with Crippen LogP contribution in [0.2, 0.25) is 0 Å². The maximum absolute atomic E-state index is 13.2. The third-order valence-electron chi connectivity index (χ3n) is 2.95. The van der Waals surface area contributed by atoms with Crippen molar-refractivity contribution in [2.45, 2.75) is 6.10 Å². The van der Waals surface area contributed by atoms with Crippen molar-refractivity contribution in [3.8, 4) is 0 Å². The number of nitrogens with zero attached hydrogens (tertiary/aromatic N) is 2. The molecule has 0 radical (unpaired) electrons. The number of para-hydroxylation sites is 2. The maximum atomic E-state index is 13.2. The molecule has 0 aliphatic rings. The molecule has 5 heteroatoms. The molecule has 3 rings (SSSR count). The molecule has 0 fully saturated rings. The summed E-state index contributed by atoms with van der Waals surface area (Å²) in [5, 5.41) is 10.2. The number of fused-ring (bicyclic) bond motifs is 1. The Kier molecular flexibility index (Phi) is 3.12. The predicted molar refractivity (Wildman–Crippen MR) is 70.0 cm³/mol. The summed E-state index contributed by atoms with van der Waals surface area (Å²) in [4.78, 5) is 8.42. The zero-order valence-electron chi connectivity index (χ0n) is 10.3. The summed E-state index contributed by atoms with van der Waals surface area (Å²) >= 11 is 0. The molecular formula is C15H10F2N2O. The fraction of sp³-hybridized carbons (Fsp3) is 0.0667. The molecule has 0 bridgehead atoms. The van der Waals surface area contributed by atoms with Crippen molar-refractivity contribution in [3.05, 3.63) is 71.6 Å². The Morgan fingerprint density at radius 2 is 1.60 bits per heavy atom. The Morgan fingerprint density at radius 3 is 2.30 bits per heavy atom. The van der Waals surface area contributed by atoms with Gasteiger partial charge in [-0.15, -0.1) is 0 Å². The van der Waals surface area contributed by atoms with E-state index in [1.807, 2.05) is 6.07 Å². The molecule has 100 valence electrons. The average molecular weight is 272 g/mol. The molecule has 0 amide bonds. The van der Waals surface area contributed by atoms with Crippen molar-refractivity contribution in [3.63, 3.8) is 0 Å². The van der Waals surface area contributed by atoms with Crippen LogP contribution in [0, 0.1) is 11.6 Å². The molecule has 1 N–H and O–H groups in total. The molecule has 0 saturated carbocycles. The molecule has 20 heavy (non-hydrogen) atoms. The average Bonchev–Trinajstić information content (AvgIpc) is 2.45. The van der Waals surface area contributed by atoms with Crippen LogP contribution in [0.4, 0.5) is 8.78 Å². The van der Waals surface area contributed by atoms with Crippen molar-refractivity contribution in [1.82, 2.24) is 9.97 Å². The highest BCUT2D eigenvalue weighted by molar-refractivity contribution is 5.73. The van der Waals surface area contributed by atoms with E-state index in [2.05, 4.69) is 9.97 Å². The van der Waals surface area contributed by atoms with Gasteiger partial charge in [-0.3, -0.25) is 4.98 Å². The smallest absolute Gasteiger partial charge is 0.126 e. The van der Waals surface area contributed by atoms with Gasteiger partial charge in [0.15, 0.2) is 0 Å². The Bertz CT molecular complexity index is 756.